The van der Waals surface area contributed by atoms with Gasteiger partial charge in [-0.1, -0.05) is 41.6 Å². The molecule has 0 bridgehead atoms. The van der Waals surface area contributed by atoms with Gasteiger partial charge in [0.1, 0.15) is 5.75 Å². The summed E-state index contributed by atoms with van der Waals surface area (Å²) in [6, 6.07) is 15.6. The first-order valence-electron chi connectivity index (χ1n) is 10.5. The summed E-state index contributed by atoms with van der Waals surface area (Å²) >= 11 is 0. The van der Waals surface area contributed by atoms with Crippen LogP contribution in [-0.2, 0) is 24.6 Å². The van der Waals surface area contributed by atoms with Crippen molar-refractivity contribution in [3.63, 3.8) is 0 Å². The van der Waals surface area contributed by atoms with Crippen molar-refractivity contribution in [2.24, 2.45) is 5.92 Å². The number of aromatic nitrogens is 2. The third-order valence-electron chi connectivity index (χ3n) is 5.92. The standard InChI is InChI=1S/C24H26F2N2O3/c1-23(25,26)18-6-5-7-19(15-18)24(29)12-10-17(11-13-24)14-22-27-21(28-31-22)16-30-20-8-3-2-4-9-20/h2-9,15,17,29H,10-14,16H2,1H3. The van der Waals surface area contributed by atoms with E-state index in [1.807, 2.05) is 30.3 Å². The summed E-state index contributed by atoms with van der Waals surface area (Å²) in [5.74, 6) is -0.855. The molecule has 0 saturated heterocycles. The Bertz CT molecular complexity index is 993. The van der Waals surface area contributed by atoms with E-state index in [9.17, 15) is 13.9 Å². The molecule has 4 rings (SSSR count). The predicted octanol–water partition coefficient (Wildman–Crippen LogP) is 5.38. The van der Waals surface area contributed by atoms with Gasteiger partial charge in [0.2, 0.25) is 11.7 Å². The summed E-state index contributed by atoms with van der Waals surface area (Å²) in [6.45, 7) is 1.10. The van der Waals surface area contributed by atoms with Gasteiger partial charge in [0, 0.05) is 18.9 Å². The Morgan fingerprint density at radius 1 is 1.13 bits per heavy atom. The van der Waals surface area contributed by atoms with E-state index in [1.165, 1.54) is 12.1 Å². The van der Waals surface area contributed by atoms with Crippen molar-refractivity contribution < 1.29 is 23.1 Å². The number of para-hydroxylation sites is 1. The Morgan fingerprint density at radius 3 is 2.58 bits per heavy atom. The number of halogens is 2. The van der Waals surface area contributed by atoms with Gasteiger partial charge in [0.15, 0.2) is 6.61 Å². The highest BCUT2D eigenvalue weighted by atomic mass is 19.3. The third-order valence-corrected chi connectivity index (χ3v) is 5.92. The molecule has 0 amide bonds. The lowest BCUT2D eigenvalue weighted by Crippen LogP contribution is -2.32. The maximum Gasteiger partial charge on any atom is 0.270 e. The van der Waals surface area contributed by atoms with E-state index in [4.69, 9.17) is 9.26 Å². The molecule has 164 valence electrons. The second-order valence-corrected chi connectivity index (χ2v) is 8.35. The molecule has 7 heteroatoms. The number of hydrogen-bond acceptors (Lipinski definition) is 5. The Labute approximate surface area is 180 Å². The minimum atomic E-state index is -2.93. The summed E-state index contributed by atoms with van der Waals surface area (Å²) in [5.41, 5.74) is -0.596. The fourth-order valence-corrected chi connectivity index (χ4v) is 4.07. The first-order valence-corrected chi connectivity index (χ1v) is 10.5. The van der Waals surface area contributed by atoms with E-state index in [-0.39, 0.29) is 12.2 Å². The summed E-state index contributed by atoms with van der Waals surface area (Å²) in [5, 5.41) is 15.1. The molecular weight excluding hydrogens is 402 g/mol. The monoisotopic (exact) mass is 428 g/mol. The molecule has 1 fully saturated rings. The maximum absolute atomic E-state index is 13.7. The SMILES string of the molecule is CC(F)(F)c1cccc(C2(O)CCC(Cc3nc(COc4ccccc4)no3)CC2)c1. The van der Waals surface area contributed by atoms with Gasteiger partial charge in [0.05, 0.1) is 5.60 Å². The molecule has 1 heterocycles. The van der Waals surface area contributed by atoms with Crippen molar-refractivity contribution in [3.05, 3.63) is 77.4 Å². The summed E-state index contributed by atoms with van der Waals surface area (Å²) < 4.78 is 38.3. The van der Waals surface area contributed by atoms with Crippen molar-refractivity contribution in [2.75, 3.05) is 0 Å². The lowest BCUT2D eigenvalue weighted by Gasteiger charge is -2.36. The van der Waals surface area contributed by atoms with Gasteiger partial charge < -0.3 is 14.4 Å². The zero-order valence-electron chi connectivity index (χ0n) is 17.4. The number of hydrogen-bond donors (Lipinski definition) is 1. The van der Waals surface area contributed by atoms with Crippen LogP contribution in [0.2, 0.25) is 0 Å². The number of benzene rings is 2. The first kappa shape index (κ1) is 21.4. The highest BCUT2D eigenvalue weighted by Gasteiger charge is 2.36. The summed E-state index contributed by atoms with van der Waals surface area (Å²) in [7, 11) is 0. The van der Waals surface area contributed by atoms with Crippen LogP contribution in [0, 0.1) is 5.92 Å². The maximum atomic E-state index is 13.7. The van der Waals surface area contributed by atoms with Crippen LogP contribution in [0.3, 0.4) is 0 Å². The van der Waals surface area contributed by atoms with E-state index in [1.54, 1.807) is 12.1 Å². The smallest absolute Gasteiger partial charge is 0.270 e. The van der Waals surface area contributed by atoms with Crippen LogP contribution in [0.4, 0.5) is 8.78 Å². The molecule has 5 nitrogen and oxygen atoms in total. The predicted molar refractivity (Wildman–Crippen MR) is 111 cm³/mol. The fraction of sp³-hybridized carbons (Fsp3) is 0.417. The van der Waals surface area contributed by atoms with Crippen LogP contribution < -0.4 is 4.74 Å². The minimum absolute atomic E-state index is 0.0725. The van der Waals surface area contributed by atoms with E-state index in [0.717, 1.165) is 25.5 Å². The molecule has 1 aliphatic rings. The lowest BCUT2D eigenvalue weighted by molar-refractivity contribution is -0.0161. The number of nitrogens with zero attached hydrogens (tertiary/aromatic N) is 2. The highest BCUT2D eigenvalue weighted by Crippen LogP contribution is 2.41. The Kier molecular flexibility index (Phi) is 6.05. The molecule has 31 heavy (non-hydrogen) atoms. The van der Waals surface area contributed by atoms with Gasteiger partial charge in [-0.05, 0) is 55.4 Å². The molecule has 2 aromatic carbocycles. The second kappa shape index (κ2) is 8.75. The average molecular weight is 428 g/mol. The third kappa shape index (κ3) is 5.28. The van der Waals surface area contributed by atoms with Gasteiger partial charge >= 0.3 is 0 Å². The molecular formula is C24H26F2N2O3. The first-order chi connectivity index (χ1) is 14.8. The fourth-order valence-electron chi connectivity index (χ4n) is 4.07. The Balaban J connectivity index is 1.32. The van der Waals surface area contributed by atoms with Crippen LogP contribution in [-0.4, -0.2) is 15.2 Å². The molecule has 1 N–H and O–H groups in total. The van der Waals surface area contributed by atoms with Crippen LogP contribution in [0.15, 0.2) is 59.1 Å². The Morgan fingerprint density at radius 2 is 1.87 bits per heavy atom. The van der Waals surface area contributed by atoms with Crippen LogP contribution in [0.5, 0.6) is 5.75 Å². The van der Waals surface area contributed by atoms with Gasteiger partial charge in [-0.25, -0.2) is 8.78 Å². The highest BCUT2D eigenvalue weighted by molar-refractivity contribution is 5.31. The minimum Gasteiger partial charge on any atom is -0.485 e. The molecule has 0 spiro atoms. The van der Waals surface area contributed by atoms with Gasteiger partial charge in [-0.15, -0.1) is 0 Å². The van der Waals surface area contributed by atoms with Crippen molar-refractivity contribution in [2.45, 2.75) is 57.2 Å². The molecule has 3 aromatic rings. The number of aliphatic hydroxyl groups is 1. The molecule has 1 saturated carbocycles. The normalized spacial score (nSPS) is 21.7. The zero-order chi connectivity index (χ0) is 21.9. The van der Waals surface area contributed by atoms with Gasteiger partial charge in [-0.3, -0.25) is 0 Å². The van der Waals surface area contributed by atoms with Crippen molar-refractivity contribution in [1.82, 2.24) is 10.1 Å². The quantitative estimate of drug-likeness (QED) is 0.547. The van der Waals surface area contributed by atoms with Crippen LogP contribution >= 0.6 is 0 Å². The summed E-state index contributed by atoms with van der Waals surface area (Å²) in [6.07, 6.45) is 3.15. The van der Waals surface area contributed by atoms with Crippen LogP contribution in [0.1, 0.15) is 55.4 Å². The average Bonchev–Trinajstić information content (AvgIpc) is 3.22. The van der Waals surface area contributed by atoms with E-state index >= 15 is 0 Å². The Hall–Kier alpha value is -2.80. The van der Waals surface area contributed by atoms with Gasteiger partial charge in [0.25, 0.3) is 5.92 Å². The number of rotatable bonds is 7. The second-order valence-electron chi connectivity index (χ2n) is 8.35. The van der Waals surface area contributed by atoms with Crippen molar-refractivity contribution in [3.8, 4) is 5.75 Å². The van der Waals surface area contributed by atoms with Crippen LogP contribution in [0.25, 0.3) is 0 Å². The van der Waals surface area contributed by atoms with E-state index < -0.39 is 11.5 Å². The van der Waals surface area contributed by atoms with E-state index in [2.05, 4.69) is 10.1 Å². The molecule has 1 aliphatic carbocycles. The van der Waals surface area contributed by atoms with Gasteiger partial charge in [-0.2, -0.15) is 4.98 Å². The van der Waals surface area contributed by atoms with E-state index in [0.29, 0.717) is 42.5 Å². The number of ether oxygens (including phenoxy) is 1. The summed E-state index contributed by atoms with van der Waals surface area (Å²) in [4.78, 5) is 4.40. The number of alkyl halides is 2. The molecule has 1 aromatic heterocycles. The molecule has 0 radical (unpaired) electrons. The zero-order valence-corrected chi connectivity index (χ0v) is 17.4. The van der Waals surface area contributed by atoms with Crippen molar-refractivity contribution >= 4 is 0 Å². The molecule has 0 atom stereocenters. The lowest BCUT2D eigenvalue weighted by atomic mass is 9.74. The largest absolute Gasteiger partial charge is 0.485 e. The topological polar surface area (TPSA) is 68.4 Å². The van der Waals surface area contributed by atoms with Crippen molar-refractivity contribution in [1.29, 1.82) is 0 Å². The molecule has 0 unspecified atom stereocenters. The molecule has 0 aliphatic heterocycles.